The van der Waals surface area contributed by atoms with Crippen molar-refractivity contribution in [1.82, 2.24) is 0 Å². The Hall–Kier alpha value is -8.06. The monoisotopic (exact) mass is 822 g/mol. The smallest absolute Gasteiger partial charge is 0.0620 e. The van der Waals surface area contributed by atoms with Crippen LogP contribution in [0.4, 0.5) is 0 Å². The lowest BCUT2D eigenvalue weighted by Crippen LogP contribution is -2.26. The molecule has 0 radical (unpaired) electrons. The summed E-state index contributed by atoms with van der Waals surface area (Å²) in [6, 6.07) is 82.8. The maximum Gasteiger partial charge on any atom is 0.0737 e. The van der Waals surface area contributed by atoms with Gasteiger partial charge in [-0.25, -0.2) is 0 Å². The standard InChI is InChI=1S/C65H42/c1-39-19-3-4-20-42(39)55-37-41(36-35-40(55)2)60-49-27-9-11-29-51(49)61(52-30-12-10-28-50(52)60)56-38-57-62-48-26-8-5-21-43(48)44-22-6-14-32-54(44)64(62)65(63(57)53-31-13-7-23-45(53)56)58-33-17-15-24-46(58)47-25-16-18-34-59(47)65/h3-38H,1-2H3. The zero-order valence-electron chi connectivity index (χ0n) is 36.3. The number of rotatable bonds is 3. The molecule has 0 fully saturated rings. The number of aryl methyl sites for hydroxylation is 2. The van der Waals surface area contributed by atoms with Crippen LogP contribution >= 0.6 is 0 Å². The fraction of sp³-hybridized carbons (Fsp3) is 0.0462. The van der Waals surface area contributed by atoms with Gasteiger partial charge in [-0.05, 0) is 169 Å². The summed E-state index contributed by atoms with van der Waals surface area (Å²) < 4.78 is 0. The first-order valence-corrected chi connectivity index (χ1v) is 22.9. The molecule has 14 rings (SSSR count). The Kier molecular flexibility index (Phi) is 7.55. The van der Waals surface area contributed by atoms with E-state index < -0.39 is 5.41 Å². The minimum absolute atomic E-state index is 0.534. The van der Waals surface area contributed by atoms with Gasteiger partial charge in [0.15, 0.2) is 0 Å². The van der Waals surface area contributed by atoms with Crippen LogP contribution in [0.3, 0.4) is 0 Å². The van der Waals surface area contributed by atoms with E-state index in [1.807, 2.05) is 0 Å². The third-order valence-electron chi connectivity index (χ3n) is 15.1. The van der Waals surface area contributed by atoms with Crippen LogP contribution in [0.5, 0.6) is 0 Å². The maximum atomic E-state index is 2.60. The first-order valence-electron chi connectivity index (χ1n) is 22.9. The summed E-state index contributed by atoms with van der Waals surface area (Å²) in [5.74, 6) is 0. The molecule has 0 N–H and O–H groups in total. The van der Waals surface area contributed by atoms with Crippen molar-refractivity contribution in [3.63, 3.8) is 0 Å². The van der Waals surface area contributed by atoms with Gasteiger partial charge in [-0.1, -0.05) is 206 Å². The predicted octanol–water partition coefficient (Wildman–Crippen LogP) is 17.4. The lowest BCUT2D eigenvalue weighted by atomic mass is 9.68. The molecule has 0 heteroatoms. The molecule has 0 atom stereocenters. The molecule has 0 amide bonds. The van der Waals surface area contributed by atoms with Crippen molar-refractivity contribution in [1.29, 1.82) is 0 Å². The highest BCUT2D eigenvalue weighted by molar-refractivity contribution is 6.27. The fourth-order valence-corrected chi connectivity index (χ4v) is 12.6. The van der Waals surface area contributed by atoms with Crippen LogP contribution in [0.2, 0.25) is 0 Å². The van der Waals surface area contributed by atoms with Crippen molar-refractivity contribution in [2.24, 2.45) is 0 Å². The zero-order valence-corrected chi connectivity index (χ0v) is 36.3. The summed E-state index contributed by atoms with van der Waals surface area (Å²) in [7, 11) is 0. The number of hydrogen-bond acceptors (Lipinski definition) is 0. The SMILES string of the molecule is Cc1ccccc1-c1cc(-c2c3ccccc3c(-c3cc4c(c5ccccc35)C3(c5ccccc5-c5ccccc53)c3c-4c4ccccc4c4ccccc34)c3ccccc23)ccc1C. The molecule has 65 heavy (non-hydrogen) atoms. The average molecular weight is 823 g/mol. The van der Waals surface area contributed by atoms with Crippen LogP contribution in [0.1, 0.15) is 33.4 Å². The number of fused-ring (bicyclic) bond motifs is 19. The molecule has 0 heterocycles. The van der Waals surface area contributed by atoms with Gasteiger partial charge >= 0.3 is 0 Å². The third-order valence-corrected chi connectivity index (χ3v) is 15.1. The summed E-state index contributed by atoms with van der Waals surface area (Å²) in [5, 5.41) is 12.8. The molecule has 0 bridgehead atoms. The molecule has 0 saturated heterocycles. The van der Waals surface area contributed by atoms with Crippen molar-refractivity contribution in [3.05, 3.63) is 252 Å². The molecular weight excluding hydrogens is 781 g/mol. The van der Waals surface area contributed by atoms with E-state index in [1.54, 1.807) is 0 Å². The molecule has 0 aromatic heterocycles. The highest BCUT2D eigenvalue weighted by atomic mass is 14.5. The summed E-state index contributed by atoms with van der Waals surface area (Å²) in [5.41, 5.74) is 20.5. The van der Waals surface area contributed by atoms with E-state index in [0.29, 0.717) is 0 Å². The van der Waals surface area contributed by atoms with Crippen LogP contribution < -0.4 is 0 Å². The molecule has 12 aromatic rings. The van der Waals surface area contributed by atoms with Crippen LogP contribution in [0.15, 0.2) is 218 Å². The molecule has 0 aliphatic heterocycles. The zero-order chi connectivity index (χ0) is 43.0. The van der Waals surface area contributed by atoms with E-state index in [2.05, 4.69) is 232 Å². The second-order valence-corrected chi connectivity index (χ2v) is 18.3. The highest BCUT2D eigenvalue weighted by Crippen LogP contribution is 2.67. The van der Waals surface area contributed by atoms with Gasteiger partial charge < -0.3 is 0 Å². The van der Waals surface area contributed by atoms with E-state index in [0.717, 1.165) is 0 Å². The van der Waals surface area contributed by atoms with E-state index in [-0.39, 0.29) is 0 Å². The van der Waals surface area contributed by atoms with Gasteiger partial charge in [0.25, 0.3) is 0 Å². The van der Waals surface area contributed by atoms with E-state index in [4.69, 9.17) is 0 Å². The minimum atomic E-state index is -0.534. The van der Waals surface area contributed by atoms with Crippen molar-refractivity contribution in [2.75, 3.05) is 0 Å². The van der Waals surface area contributed by atoms with Gasteiger partial charge in [0.2, 0.25) is 0 Å². The van der Waals surface area contributed by atoms with Crippen LogP contribution in [-0.4, -0.2) is 0 Å². The second-order valence-electron chi connectivity index (χ2n) is 18.3. The summed E-state index contributed by atoms with van der Waals surface area (Å²) in [6.07, 6.45) is 0. The predicted molar refractivity (Wildman–Crippen MR) is 276 cm³/mol. The summed E-state index contributed by atoms with van der Waals surface area (Å²) in [4.78, 5) is 0. The Morgan fingerprint density at radius 2 is 0.662 bits per heavy atom. The summed E-state index contributed by atoms with van der Waals surface area (Å²) >= 11 is 0. The number of hydrogen-bond donors (Lipinski definition) is 0. The van der Waals surface area contributed by atoms with Gasteiger partial charge in [-0.15, -0.1) is 0 Å². The van der Waals surface area contributed by atoms with E-state index in [9.17, 15) is 0 Å². The van der Waals surface area contributed by atoms with Gasteiger partial charge in [0, 0.05) is 0 Å². The molecular formula is C65H42. The topological polar surface area (TPSA) is 0 Å². The van der Waals surface area contributed by atoms with Crippen LogP contribution in [0.25, 0.3) is 109 Å². The molecule has 12 aromatic carbocycles. The minimum Gasteiger partial charge on any atom is -0.0620 e. The molecule has 1 spiro atoms. The number of benzene rings is 12. The molecule has 2 aliphatic carbocycles. The Morgan fingerprint density at radius 1 is 0.246 bits per heavy atom. The van der Waals surface area contributed by atoms with Gasteiger partial charge in [0.05, 0.1) is 5.41 Å². The molecule has 0 nitrogen and oxygen atoms in total. The van der Waals surface area contributed by atoms with Gasteiger partial charge in [-0.3, -0.25) is 0 Å². The largest absolute Gasteiger partial charge is 0.0737 e. The second kappa shape index (κ2) is 13.5. The molecule has 0 unspecified atom stereocenters. The van der Waals surface area contributed by atoms with Crippen molar-refractivity contribution in [3.8, 4) is 55.6 Å². The van der Waals surface area contributed by atoms with Crippen molar-refractivity contribution in [2.45, 2.75) is 19.3 Å². The first-order chi connectivity index (χ1) is 32.1. The van der Waals surface area contributed by atoms with Crippen molar-refractivity contribution < 1.29 is 0 Å². The molecule has 2 aliphatic rings. The Bertz CT molecular complexity index is 3930. The molecule has 0 saturated carbocycles. The normalized spacial score (nSPS) is 13.2. The quantitative estimate of drug-likeness (QED) is 0.123. The van der Waals surface area contributed by atoms with E-state index in [1.165, 1.54) is 143 Å². The maximum absolute atomic E-state index is 2.60. The lowest BCUT2D eigenvalue weighted by Gasteiger charge is -2.33. The fourth-order valence-electron chi connectivity index (χ4n) is 12.6. The van der Waals surface area contributed by atoms with Crippen LogP contribution in [-0.2, 0) is 5.41 Å². The van der Waals surface area contributed by atoms with Crippen molar-refractivity contribution >= 4 is 53.9 Å². The van der Waals surface area contributed by atoms with Crippen LogP contribution in [0, 0.1) is 13.8 Å². The highest BCUT2D eigenvalue weighted by Gasteiger charge is 2.54. The first kappa shape index (κ1) is 36.4. The molecule has 302 valence electrons. The average Bonchev–Trinajstić information content (AvgIpc) is 3.84. The van der Waals surface area contributed by atoms with E-state index >= 15 is 0 Å². The van der Waals surface area contributed by atoms with Gasteiger partial charge in [-0.2, -0.15) is 0 Å². The lowest BCUT2D eigenvalue weighted by molar-refractivity contribution is 0.809. The van der Waals surface area contributed by atoms with Gasteiger partial charge in [0.1, 0.15) is 0 Å². The Morgan fingerprint density at radius 3 is 1.25 bits per heavy atom. The Balaban J connectivity index is 1.16. The Labute approximate surface area is 378 Å². The summed E-state index contributed by atoms with van der Waals surface area (Å²) in [6.45, 7) is 4.46. The third kappa shape index (κ3) is 4.76.